The second kappa shape index (κ2) is 6.20. The third kappa shape index (κ3) is 3.71. The molecule has 0 aliphatic rings. The van der Waals surface area contributed by atoms with Crippen LogP contribution >= 0.6 is 11.8 Å². The van der Waals surface area contributed by atoms with Gasteiger partial charge in [0.1, 0.15) is 10.8 Å². The summed E-state index contributed by atoms with van der Waals surface area (Å²) < 4.78 is 13.2. The molecule has 0 spiro atoms. The molecule has 3 nitrogen and oxygen atoms in total. The summed E-state index contributed by atoms with van der Waals surface area (Å²) in [5.41, 5.74) is 0.534. The van der Waals surface area contributed by atoms with Gasteiger partial charge in [0.25, 0.3) is 0 Å². The average Bonchev–Trinajstić information content (AvgIpc) is 2.38. The molecule has 0 fully saturated rings. The molecule has 1 heterocycles. The summed E-state index contributed by atoms with van der Waals surface area (Å²) in [4.78, 5) is 8.11. The Kier molecular flexibility index (Phi) is 4.32. The molecule has 0 unspecified atom stereocenters. The molecule has 17 heavy (non-hydrogen) atoms. The third-order valence-corrected chi connectivity index (χ3v) is 3.00. The van der Waals surface area contributed by atoms with Crippen molar-refractivity contribution in [1.29, 1.82) is 0 Å². The molecule has 0 saturated heterocycles. The van der Waals surface area contributed by atoms with Crippen molar-refractivity contribution in [1.82, 2.24) is 9.97 Å². The summed E-state index contributed by atoms with van der Waals surface area (Å²) in [5, 5.41) is 3.92. The SMILES string of the molecule is Fc1ccccc1NCCSc1cnccn1. The van der Waals surface area contributed by atoms with Crippen molar-refractivity contribution < 1.29 is 4.39 Å². The number of nitrogens with zero attached hydrogens (tertiary/aromatic N) is 2. The fourth-order valence-electron chi connectivity index (χ4n) is 1.31. The van der Waals surface area contributed by atoms with E-state index in [0.717, 1.165) is 10.8 Å². The molecule has 0 bridgehead atoms. The highest BCUT2D eigenvalue weighted by molar-refractivity contribution is 7.99. The highest BCUT2D eigenvalue weighted by Crippen LogP contribution is 2.15. The lowest BCUT2D eigenvalue weighted by atomic mass is 10.3. The van der Waals surface area contributed by atoms with Gasteiger partial charge in [-0.15, -0.1) is 11.8 Å². The van der Waals surface area contributed by atoms with Crippen LogP contribution in [0.5, 0.6) is 0 Å². The van der Waals surface area contributed by atoms with E-state index in [4.69, 9.17) is 0 Å². The second-order valence-electron chi connectivity index (χ2n) is 3.30. The topological polar surface area (TPSA) is 37.8 Å². The Bertz CT molecular complexity index is 464. The van der Waals surface area contributed by atoms with E-state index in [-0.39, 0.29) is 5.82 Å². The molecular weight excluding hydrogens is 237 g/mol. The van der Waals surface area contributed by atoms with E-state index in [1.165, 1.54) is 6.07 Å². The fourth-order valence-corrected chi connectivity index (χ4v) is 1.99. The lowest BCUT2D eigenvalue weighted by Gasteiger charge is -2.06. The van der Waals surface area contributed by atoms with Crippen LogP contribution in [0.1, 0.15) is 0 Å². The number of halogens is 1. The molecule has 1 N–H and O–H groups in total. The van der Waals surface area contributed by atoms with Crippen LogP contribution in [0.3, 0.4) is 0 Å². The van der Waals surface area contributed by atoms with E-state index < -0.39 is 0 Å². The molecule has 1 aromatic carbocycles. The molecule has 0 radical (unpaired) electrons. The van der Waals surface area contributed by atoms with Crippen LogP contribution in [0, 0.1) is 5.82 Å². The Morgan fingerprint density at radius 1 is 1.24 bits per heavy atom. The Morgan fingerprint density at radius 2 is 2.12 bits per heavy atom. The van der Waals surface area contributed by atoms with Crippen LogP contribution < -0.4 is 5.32 Å². The molecule has 0 saturated carbocycles. The van der Waals surface area contributed by atoms with Gasteiger partial charge >= 0.3 is 0 Å². The van der Waals surface area contributed by atoms with Crippen molar-refractivity contribution >= 4 is 17.4 Å². The first-order chi connectivity index (χ1) is 8.36. The molecule has 0 amide bonds. The minimum atomic E-state index is -0.225. The van der Waals surface area contributed by atoms with Crippen LogP contribution in [0.2, 0.25) is 0 Å². The third-order valence-electron chi connectivity index (χ3n) is 2.08. The molecule has 0 atom stereocenters. The quantitative estimate of drug-likeness (QED) is 0.653. The molecular formula is C12H12FN3S. The maximum atomic E-state index is 13.2. The lowest BCUT2D eigenvalue weighted by molar-refractivity contribution is 0.630. The summed E-state index contributed by atoms with van der Waals surface area (Å²) in [6.07, 6.45) is 5.02. The first kappa shape index (κ1) is 11.9. The van der Waals surface area contributed by atoms with Crippen molar-refractivity contribution in [2.75, 3.05) is 17.6 Å². The number of anilines is 1. The van der Waals surface area contributed by atoms with Crippen molar-refractivity contribution in [3.05, 3.63) is 48.7 Å². The summed E-state index contributed by atoms with van der Waals surface area (Å²) >= 11 is 1.59. The van der Waals surface area contributed by atoms with Crippen LogP contribution in [0.4, 0.5) is 10.1 Å². The zero-order valence-electron chi connectivity index (χ0n) is 9.14. The zero-order chi connectivity index (χ0) is 11.9. The lowest BCUT2D eigenvalue weighted by Crippen LogP contribution is -2.05. The predicted molar refractivity (Wildman–Crippen MR) is 67.6 cm³/mol. The van der Waals surface area contributed by atoms with Crippen molar-refractivity contribution in [2.45, 2.75) is 5.03 Å². The van der Waals surface area contributed by atoms with Gasteiger partial charge in [0.15, 0.2) is 0 Å². The summed E-state index contributed by atoms with van der Waals surface area (Å²) in [5.74, 6) is 0.588. The van der Waals surface area contributed by atoms with Crippen LogP contribution in [-0.2, 0) is 0 Å². The standard InChI is InChI=1S/C12H12FN3S/c13-10-3-1-2-4-11(10)15-7-8-17-12-9-14-5-6-16-12/h1-6,9,15H,7-8H2. The monoisotopic (exact) mass is 249 g/mol. The van der Waals surface area contributed by atoms with Gasteiger partial charge in [-0.3, -0.25) is 4.98 Å². The summed E-state index contributed by atoms with van der Waals surface area (Å²) in [6.45, 7) is 0.683. The van der Waals surface area contributed by atoms with E-state index >= 15 is 0 Å². The number of benzene rings is 1. The van der Waals surface area contributed by atoms with Crippen LogP contribution in [0.25, 0.3) is 0 Å². The van der Waals surface area contributed by atoms with Gasteiger partial charge < -0.3 is 5.32 Å². The number of nitrogens with one attached hydrogen (secondary N) is 1. The summed E-state index contributed by atoms with van der Waals surface area (Å²) in [6, 6.07) is 6.65. The minimum absolute atomic E-state index is 0.225. The van der Waals surface area contributed by atoms with Gasteiger partial charge in [-0.2, -0.15) is 0 Å². The number of hydrogen-bond donors (Lipinski definition) is 1. The molecule has 2 aromatic rings. The van der Waals surface area contributed by atoms with Gasteiger partial charge in [0.05, 0.1) is 11.9 Å². The van der Waals surface area contributed by atoms with E-state index in [1.54, 1.807) is 48.6 Å². The van der Waals surface area contributed by atoms with Gasteiger partial charge in [0.2, 0.25) is 0 Å². The molecule has 0 aliphatic heterocycles. The normalized spacial score (nSPS) is 10.2. The van der Waals surface area contributed by atoms with Crippen molar-refractivity contribution in [3.8, 4) is 0 Å². The zero-order valence-corrected chi connectivity index (χ0v) is 9.95. The highest BCUT2D eigenvalue weighted by atomic mass is 32.2. The number of aromatic nitrogens is 2. The van der Waals surface area contributed by atoms with Crippen molar-refractivity contribution in [2.24, 2.45) is 0 Å². The van der Waals surface area contributed by atoms with Gasteiger partial charge in [-0.25, -0.2) is 9.37 Å². The number of rotatable bonds is 5. The van der Waals surface area contributed by atoms with E-state index in [2.05, 4.69) is 15.3 Å². The van der Waals surface area contributed by atoms with Gasteiger partial charge in [-0.1, -0.05) is 12.1 Å². The van der Waals surface area contributed by atoms with E-state index in [9.17, 15) is 4.39 Å². The number of para-hydroxylation sites is 1. The molecule has 0 aliphatic carbocycles. The minimum Gasteiger partial charge on any atom is -0.382 e. The summed E-state index contributed by atoms with van der Waals surface area (Å²) in [7, 11) is 0. The number of thioether (sulfide) groups is 1. The number of hydrogen-bond acceptors (Lipinski definition) is 4. The Labute approximate surface area is 103 Å². The molecule has 2 rings (SSSR count). The average molecular weight is 249 g/mol. The second-order valence-corrected chi connectivity index (χ2v) is 4.41. The van der Waals surface area contributed by atoms with Crippen LogP contribution in [-0.4, -0.2) is 22.3 Å². The van der Waals surface area contributed by atoms with Gasteiger partial charge in [0, 0.05) is 24.7 Å². The predicted octanol–water partition coefficient (Wildman–Crippen LogP) is 2.82. The fraction of sp³-hybridized carbons (Fsp3) is 0.167. The highest BCUT2D eigenvalue weighted by Gasteiger charge is 1.99. The Hall–Kier alpha value is -1.62. The smallest absolute Gasteiger partial charge is 0.146 e. The molecule has 88 valence electrons. The van der Waals surface area contributed by atoms with Crippen LogP contribution in [0.15, 0.2) is 47.9 Å². The van der Waals surface area contributed by atoms with E-state index in [0.29, 0.717) is 12.2 Å². The molecule has 5 heteroatoms. The maximum Gasteiger partial charge on any atom is 0.146 e. The molecule has 1 aromatic heterocycles. The Balaban J connectivity index is 1.76. The van der Waals surface area contributed by atoms with E-state index in [1.807, 2.05) is 0 Å². The van der Waals surface area contributed by atoms with Gasteiger partial charge in [-0.05, 0) is 12.1 Å². The first-order valence-electron chi connectivity index (χ1n) is 5.23. The largest absolute Gasteiger partial charge is 0.382 e. The van der Waals surface area contributed by atoms with Crippen molar-refractivity contribution in [3.63, 3.8) is 0 Å². The first-order valence-corrected chi connectivity index (χ1v) is 6.22. The Morgan fingerprint density at radius 3 is 2.88 bits per heavy atom. The maximum absolute atomic E-state index is 13.2.